The number of aromatic nitrogens is 4. The molecule has 3 aromatic rings. The van der Waals surface area contributed by atoms with Gasteiger partial charge < -0.3 is 15.0 Å². The lowest BCUT2D eigenvalue weighted by molar-refractivity contribution is -0.137. The van der Waals surface area contributed by atoms with Gasteiger partial charge in [-0.25, -0.2) is 4.98 Å². The molecule has 0 unspecified atom stereocenters. The third-order valence-electron chi connectivity index (χ3n) is 5.10. The van der Waals surface area contributed by atoms with E-state index in [1.54, 1.807) is 16.9 Å². The first kappa shape index (κ1) is 19.4. The molecule has 1 aromatic carbocycles. The van der Waals surface area contributed by atoms with Gasteiger partial charge in [-0.15, -0.1) is 10.2 Å². The first-order valence-electron chi connectivity index (χ1n) is 9.26. The minimum Gasteiger partial charge on any atom is -0.496 e. The van der Waals surface area contributed by atoms with Crippen LogP contribution in [0.2, 0.25) is 0 Å². The van der Waals surface area contributed by atoms with Gasteiger partial charge in [0.1, 0.15) is 17.8 Å². The summed E-state index contributed by atoms with van der Waals surface area (Å²) in [5.74, 6) is 0.624. The van der Waals surface area contributed by atoms with Crippen LogP contribution >= 0.6 is 0 Å². The first-order valence-corrected chi connectivity index (χ1v) is 9.26. The fourth-order valence-electron chi connectivity index (χ4n) is 3.66. The van der Waals surface area contributed by atoms with Crippen molar-refractivity contribution in [3.63, 3.8) is 0 Å². The molecule has 1 N–H and O–H groups in total. The summed E-state index contributed by atoms with van der Waals surface area (Å²) in [6, 6.07) is 3.56. The number of alkyl halides is 3. The van der Waals surface area contributed by atoms with E-state index < -0.39 is 11.7 Å². The quantitative estimate of drug-likeness (QED) is 0.717. The number of ether oxygens (including phenoxy) is 1. The molecule has 0 amide bonds. The molecular weight excluding hydrogens is 385 g/mol. The van der Waals surface area contributed by atoms with Gasteiger partial charge in [-0.05, 0) is 44.6 Å². The monoisotopic (exact) mass is 406 g/mol. The maximum atomic E-state index is 13.0. The van der Waals surface area contributed by atoms with Crippen molar-refractivity contribution in [2.45, 2.75) is 25.1 Å². The molecule has 0 radical (unpaired) electrons. The standard InChI is InChI=1S/C19H21F3N6O/c1-27-7-3-4-13(10-27)24-18-26-25-17(15-9-23-11-28(15)18)14-6-5-12(19(20,21)22)8-16(14)29-2/h5-6,8-9,11,13H,3-4,7,10H2,1-2H3,(H,24,26)/t13-/m1/s1. The van der Waals surface area contributed by atoms with Crippen molar-refractivity contribution in [2.75, 3.05) is 32.6 Å². The predicted molar refractivity (Wildman–Crippen MR) is 102 cm³/mol. The summed E-state index contributed by atoms with van der Waals surface area (Å²) >= 11 is 0. The van der Waals surface area contributed by atoms with E-state index in [1.807, 2.05) is 0 Å². The van der Waals surface area contributed by atoms with Gasteiger partial charge in [-0.3, -0.25) is 4.40 Å². The highest BCUT2D eigenvalue weighted by Gasteiger charge is 2.32. The topological polar surface area (TPSA) is 67.6 Å². The molecule has 4 rings (SSSR count). The van der Waals surface area contributed by atoms with Crippen LogP contribution in [0.5, 0.6) is 5.75 Å². The number of imidazole rings is 1. The Hall–Kier alpha value is -2.88. The molecule has 1 aliphatic rings. The SMILES string of the molecule is COc1cc(C(F)(F)F)ccc1-c1nnc(N[C@@H]2CCCN(C)C2)n2cncc12. The van der Waals surface area contributed by atoms with Crippen molar-refractivity contribution in [1.29, 1.82) is 0 Å². The summed E-state index contributed by atoms with van der Waals surface area (Å²) in [6.07, 6.45) is 0.884. The van der Waals surface area contributed by atoms with Gasteiger partial charge in [0.2, 0.25) is 5.95 Å². The number of likely N-dealkylation sites (tertiary alicyclic amines) is 1. The predicted octanol–water partition coefficient (Wildman–Crippen LogP) is 3.32. The Morgan fingerprint density at radius 2 is 2.07 bits per heavy atom. The van der Waals surface area contributed by atoms with Crippen LogP contribution in [0.3, 0.4) is 0 Å². The van der Waals surface area contributed by atoms with E-state index in [0.717, 1.165) is 38.1 Å². The highest BCUT2D eigenvalue weighted by atomic mass is 19.4. The van der Waals surface area contributed by atoms with E-state index in [9.17, 15) is 13.2 Å². The van der Waals surface area contributed by atoms with E-state index in [2.05, 4.69) is 32.4 Å². The van der Waals surface area contributed by atoms with Crippen LogP contribution in [0.1, 0.15) is 18.4 Å². The fourth-order valence-corrected chi connectivity index (χ4v) is 3.66. The molecule has 0 bridgehead atoms. The fraction of sp³-hybridized carbons (Fsp3) is 0.421. The van der Waals surface area contributed by atoms with Crippen LogP contribution in [0, 0.1) is 0 Å². The minimum atomic E-state index is -4.45. The molecule has 3 heterocycles. The van der Waals surface area contributed by atoms with Crippen molar-refractivity contribution in [2.24, 2.45) is 0 Å². The number of fused-ring (bicyclic) bond motifs is 1. The first-order chi connectivity index (χ1) is 13.9. The normalized spacial score (nSPS) is 18.2. The van der Waals surface area contributed by atoms with Crippen LogP contribution in [0.15, 0.2) is 30.7 Å². The van der Waals surface area contributed by atoms with Gasteiger partial charge in [-0.1, -0.05) is 0 Å². The highest BCUT2D eigenvalue weighted by molar-refractivity contribution is 5.81. The molecule has 7 nitrogen and oxygen atoms in total. The van der Waals surface area contributed by atoms with Gasteiger partial charge in [0.15, 0.2) is 0 Å². The number of hydrogen-bond acceptors (Lipinski definition) is 6. The van der Waals surface area contributed by atoms with Crippen LogP contribution in [0.4, 0.5) is 19.1 Å². The summed E-state index contributed by atoms with van der Waals surface area (Å²) < 4.78 is 46.1. The van der Waals surface area contributed by atoms with Crippen molar-refractivity contribution in [3.05, 3.63) is 36.3 Å². The van der Waals surface area contributed by atoms with Crippen molar-refractivity contribution >= 4 is 11.5 Å². The lowest BCUT2D eigenvalue weighted by Crippen LogP contribution is -2.40. The largest absolute Gasteiger partial charge is 0.496 e. The van der Waals surface area contributed by atoms with E-state index >= 15 is 0 Å². The van der Waals surface area contributed by atoms with E-state index in [1.165, 1.54) is 13.2 Å². The van der Waals surface area contributed by atoms with Gasteiger partial charge >= 0.3 is 6.18 Å². The Morgan fingerprint density at radius 3 is 2.79 bits per heavy atom. The molecule has 0 aliphatic carbocycles. The van der Waals surface area contributed by atoms with Gasteiger partial charge in [0.05, 0.1) is 24.4 Å². The number of piperidine rings is 1. The molecule has 1 atom stereocenters. The number of methoxy groups -OCH3 is 1. The maximum absolute atomic E-state index is 13.0. The minimum absolute atomic E-state index is 0.0758. The second kappa shape index (κ2) is 7.51. The summed E-state index contributed by atoms with van der Waals surface area (Å²) in [6.45, 7) is 1.96. The Morgan fingerprint density at radius 1 is 1.24 bits per heavy atom. The Bertz CT molecular complexity index is 1020. The summed E-state index contributed by atoms with van der Waals surface area (Å²) in [5, 5.41) is 12.0. The van der Waals surface area contributed by atoms with Crippen molar-refractivity contribution in [1.82, 2.24) is 24.5 Å². The van der Waals surface area contributed by atoms with Crippen LogP contribution in [0.25, 0.3) is 16.8 Å². The number of hydrogen-bond donors (Lipinski definition) is 1. The number of nitrogens with one attached hydrogen (secondary N) is 1. The third-order valence-corrected chi connectivity index (χ3v) is 5.10. The average molecular weight is 406 g/mol. The van der Waals surface area contributed by atoms with Crippen LogP contribution < -0.4 is 10.1 Å². The van der Waals surface area contributed by atoms with E-state index in [0.29, 0.717) is 22.7 Å². The zero-order chi connectivity index (χ0) is 20.6. The molecule has 154 valence electrons. The number of halogens is 3. The zero-order valence-electron chi connectivity index (χ0n) is 16.1. The average Bonchev–Trinajstić information content (AvgIpc) is 3.17. The van der Waals surface area contributed by atoms with Gasteiger partial charge in [0.25, 0.3) is 0 Å². The molecule has 0 spiro atoms. The van der Waals surface area contributed by atoms with Gasteiger partial charge in [-0.2, -0.15) is 13.2 Å². The van der Waals surface area contributed by atoms with Crippen LogP contribution in [-0.4, -0.2) is 57.8 Å². The summed E-state index contributed by atoms with van der Waals surface area (Å²) in [7, 11) is 3.40. The third kappa shape index (κ3) is 3.84. The smallest absolute Gasteiger partial charge is 0.416 e. The molecule has 1 saturated heterocycles. The lowest BCUT2D eigenvalue weighted by Gasteiger charge is -2.30. The molecule has 29 heavy (non-hydrogen) atoms. The maximum Gasteiger partial charge on any atom is 0.416 e. The van der Waals surface area contributed by atoms with Crippen molar-refractivity contribution in [3.8, 4) is 17.0 Å². The van der Waals surface area contributed by atoms with Crippen molar-refractivity contribution < 1.29 is 17.9 Å². The molecule has 1 aliphatic heterocycles. The molecular formula is C19H21F3N6O. The second-order valence-electron chi connectivity index (χ2n) is 7.18. The zero-order valence-corrected chi connectivity index (χ0v) is 16.1. The molecule has 0 saturated carbocycles. The summed E-state index contributed by atoms with van der Waals surface area (Å²) in [4.78, 5) is 6.43. The number of nitrogens with zero attached hydrogens (tertiary/aromatic N) is 5. The Labute approximate surface area is 165 Å². The van der Waals surface area contributed by atoms with E-state index in [-0.39, 0.29) is 11.8 Å². The number of anilines is 1. The lowest BCUT2D eigenvalue weighted by atomic mass is 10.1. The highest BCUT2D eigenvalue weighted by Crippen LogP contribution is 2.37. The molecule has 10 heteroatoms. The number of likely N-dealkylation sites (N-methyl/N-ethyl adjacent to an activating group) is 1. The van der Waals surface area contributed by atoms with Gasteiger partial charge in [0, 0.05) is 18.2 Å². The molecule has 2 aromatic heterocycles. The Kier molecular flexibility index (Phi) is 5.03. The number of benzene rings is 1. The van der Waals surface area contributed by atoms with Crippen LogP contribution in [-0.2, 0) is 6.18 Å². The van der Waals surface area contributed by atoms with E-state index in [4.69, 9.17) is 4.74 Å². The second-order valence-corrected chi connectivity index (χ2v) is 7.18. The Balaban J connectivity index is 1.72. The summed E-state index contributed by atoms with van der Waals surface area (Å²) in [5.41, 5.74) is 0.668. The number of rotatable bonds is 4. The molecule has 1 fully saturated rings.